The zero-order valence-corrected chi connectivity index (χ0v) is 11.5. The van der Waals surface area contributed by atoms with Crippen LogP contribution in [0.3, 0.4) is 0 Å². The molecule has 0 spiro atoms. The largest absolute Gasteiger partial charge is 0.319 e. The van der Waals surface area contributed by atoms with Gasteiger partial charge in [-0.25, -0.2) is 4.68 Å². The number of para-hydroxylation sites is 1. The second-order valence-electron chi connectivity index (χ2n) is 4.49. The lowest BCUT2D eigenvalue weighted by molar-refractivity contribution is 0.775. The first kappa shape index (κ1) is 12.1. The maximum atomic E-state index is 6.25. The van der Waals surface area contributed by atoms with Crippen LogP contribution in [0.25, 0.3) is 5.69 Å². The topological polar surface area (TPSA) is 43.8 Å². The second kappa shape index (κ2) is 4.99. The summed E-state index contributed by atoms with van der Waals surface area (Å²) in [6, 6.07) is 14.0. The molecule has 0 saturated heterocycles. The van der Waals surface area contributed by atoms with Gasteiger partial charge in [0.2, 0.25) is 0 Å². The molecule has 19 heavy (non-hydrogen) atoms. The summed E-state index contributed by atoms with van der Waals surface area (Å²) in [5.41, 5.74) is 9.31. The molecule has 1 atom stereocenters. The average Bonchev–Trinajstić information content (AvgIpc) is 3.08. The fraction of sp³-hybridized carbons (Fsp3) is 0.133. The van der Waals surface area contributed by atoms with E-state index in [4.69, 9.17) is 5.73 Å². The Labute approximate surface area is 116 Å². The second-order valence-corrected chi connectivity index (χ2v) is 5.60. The van der Waals surface area contributed by atoms with Crippen LogP contribution in [0, 0.1) is 6.92 Å². The highest BCUT2D eigenvalue weighted by Gasteiger charge is 2.13. The van der Waals surface area contributed by atoms with Gasteiger partial charge in [0.1, 0.15) is 0 Å². The molecule has 4 heteroatoms. The normalized spacial score (nSPS) is 12.5. The van der Waals surface area contributed by atoms with Gasteiger partial charge in [-0.15, -0.1) is 11.3 Å². The van der Waals surface area contributed by atoms with Crippen molar-refractivity contribution < 1.29 is 0 Å². The van der Waals surface area contributed by atoms with Crippen LogP contribution in [0.15, 0.2) is 54.0 Å². The fourth-order valence-electron chi connectivity index (χ4n) is 2.03. The van der Waals surface area contributed by atoms with Crippen LogP contribution in [0.5, 0.6) is 0 Å². The molecule has 3 nitrogen and oxygen atoms in total. The van der Waals surface area contributed by atoms with E-state index in [1.54, 1.807) is 11.3 Å². The Morgan fingerprint density at radius 1 is 1.21 bits per heavy atom. The van der Waals surface area contributed by atoms with Gasteiger partial charge in [0.25, 0.3) is 0 Å². The summed E-state index contributed by atoms with van der Waals surface area (Å²) in [7, 11) is 0. The van der Waals surface area contributed by atoms with Crippen molar-refractivity contribution in [3.63, 3.8) is 0 Å². The van der Waals surface area contributed by atoms with Crippen molar-refractivity contribution >= 4 is 11.3 Å². The van der Waals surface area contributed by atoms with E-state index in [0.717, 1.165) is 16.9 Å². The van der Waals surface area contributed by atoms with Crippen molar-refractivity contribution in [1.82, 2.24) is 9.78 Å². The van der Waals surface area contributed by atoms with E-state index in [2.05, 4.69) is 23.5 Å². The monoisotopic (exact) mass is 269 g/mol. The SMILES string of the molecule is Cc1cc(C(N)c2ccn(-c3ccccc3)n2)cs1. The lowest BCUT2D eigenvalue weighted by atomic mass is 10.1. The Hall–Kier alpha value is -1.91. The molecule has 0 fully saturated rings. The molecule has 2 aromatic heterocycles. The minimum atomic E-state index is -0.157. The van der Waals surface area contributed by atoms with Gasteiger partial charge in [-0.2, -0.15) is 5.10 Å². The molecule has 2 N–H and O–H groups in total. The summed E-state index contributed by atoms with van der Waals surface area (Å²) in [5.74, 6) is 0. The number of benzene rings is 1. The van der Waals surface area contributed by atoms with E-state index < -0.39 is 0 Å². The highest BCUT2D eigenvalue weighted by Crippen LogP contribution is 2.23. The predicted octanol–water partition coefficient (Wildman–Crippen LogP) is 3.29. The Kier molecular flexibility index (Phi) is 3.19. The Bertz CT molecular complexity index is 670. The molecule has 0 saturated carbocycles. The first-order valence-corrected chi connectivity index (χ1v) is 7.03. The summed E-state index contributed by atoms with van der Waals surface area (Å²) in [5, 5.41) is 6.66. The van der Waals surface area contributed by atoms with E-state index >= 15 is 0 Å². The van der Waals surface area contributed by atoms with Gasteiger partial charge in [0.05, 0.1) is 17.4 Å². The number of thiophene rings is 1. The summed E-state index contributed by atoms with van der Waals surface area (Å²) >= 11 is 1.72. The zero-order valence-electron chi connectivity index (χ0n) is 10.7. The van der Waals surface area contributed by atoms with Gasteiger partial charge in [-0.05, 0) is 42.1 Å². The van der Waals surface area contributed by atoms with Crippen LogP contribution in [0.4, 0.5) is 0 Å². The molecule has 0 aliphatic carbocycles. The molecule has 3 rings (SSSR count). The average molecular weight is 269 g/mol. The molecule has 96 valence electrons. The maximum absolute atomic E-state index is 6.25. The third-order valence-electron chi connectivity index (χ3n) is 3.06. The van der Waals surface area contributed by atoms with Crippen LogP contribution < -0.4 is 5.73 Å². The molecular formula is C15H15N3S. The van der Waals surface area contributed by atoms with Crippen LogP contribution in [-0.2, 0) is 0 Å². The molecule has 0 amide bonds. The lowest BCUT2D eigenvalue weighted by Crippen LogP contribution is -2.12. The molecule has 1 unspecified atom stereocenters. The van der Waals surface area contributed by atoms with Crippen LogP contribution in [0.1, 0.15) is 22.2 Å². The molecule has 2 heterocycles. The highest BCUT2D eigenvalue weighted by atomic mass is 32.1. The van der Waals surface area contributed by atoms with Crippen molar-refractivity contribution in [2.45, 2.75) is 13.0 Å². The Morgan fingerprint density at radius 3 is 2.68 bits per heavy atom. The summed E-state index contributed by atoms with van der Waals surface area (Å²) in [6.07, 6.45) is 1.95. The number of nitrogens with zero attached hydrogens (tertiary/aromatic N) is 2. The lowest BCUT2D eigenvalue weighted by Gasteiger charge is -2.06. The van der Waals surface area contributed by atoms with Crippen molar-refractivity contribution in [2.24, 2.45) is 5.73 Å². The van der Waals surface area contributed by atoms with Crippen LogP contribution >= 0.6 is 11.3 Å². The molecule has 1 aromatic carbocycles. The molecule has 0 bridgehead atoms. The molecule has 0 aliphatic rings. The first-order valence-electron chi connectivity index (χ1n) is 6.15. The van der Waals surface area contributed by atoms with Gasteiger partial charge in [0, 0.05) is 11.1 Å². The molecule has 0 aliphatic heterocycles. The molecule has 3 aromatic rings. The predicted molar refractivity (Wildman–Crippen MR) is 78.7 cm³/mol. The van der Waals surface area contributed by atoms with Gasteiger partial charge < -0.3 is 5.73 Å². The summed E-state index contributed by atoms with van der Waals surface area (Å²) < 4.78 is 1.86. The minimum absolute atomic E-state index is 0.157. The number of rotatable bonds is 3. The Balaban J connectivity index is 1.89. The molecule has 0 radical (unpaired) electrons. The van der Waals surface area contributed by atoms with Gasteiger partial charge in [-0.1, -0.05) is 18.2 Å². The number of nitrogens with two attached hydrogens (primary N) is 1. The number of aryl methyl sites for hydroxylation is 1. The van der Waals surface area contributed by atoms with Crippen molar-refractivity contribution in [2.75, 3.05) is 0 Å². The Morgan fingerprint density at radius 2 is 2.00 bits per heavy atom. The van der Waals surface area contributed by atoms with Crippen LogP contribution in [0.2, 0.25) is 0 Å². The van der Waals surface area contributed by atoms with Crippen molar-refractivity contribution in [3.05, 3.63) is 70.2 Å². The van der Waals surface area contributed by atoms with E-state index in [0.29, 0.717) is 0 Å². The summed E-state index contributed by atoms with van der Waals surface area (Å²) in [4.78, 5) is 1.27. The number of hydrogen-bond donors (Lipinski definition) is 1. The van der Waals surface area contributed by atoms with Crippen molar-refractivity contribution in [3.8, 4) is 5.69 Å². The number of hydrogen-bond acceptors (Lipinski definition) is 3. The fourth-order valence-corrected chi connectivity index (χ4v) is 2.77. The minimum Gasteiger partial charge on any atom is -0.319 e. The number of aromatic nitrogens is 2. The quantitative estimate of drug-likeness (QED) is 0.793. The highest BCUT2D eigenvalue weighted by molar-refractivity contribution is 7.10. The third kappa shape index (κ3) is 2.45. The van der Waals surface area contributed by atoms with E-state index in [1.165, 1.54) is 4.88 Å². The van der Waals surface area contributed by atoms with E-state index in [-0.39, 0.29) is 6.04 Å². The van der Waals surface area contributed by atoms with Gasteiger partial charge in [0.15, 0.2) is 0 Å². The summed E-state index contributed by atoms with van der Waals surface area (Å²) in [6.45, 7) is 2.09. The standard InChI is InChI=1S/C15H15N3S/c1-11-9-12(10-19-11)15(16)14-7-8-18(17-14)13-5-3-2-4-6-13/h2-10,15H,16H2,1H3. The maximum Gasteiger partial charge on any atom is 0.0841 e. The van der Waals surface area contributed by atoms with Gasteiger partial charge >= 0.3 is 0 Å². The first-order chi connectivity index (χ1) is 9.24. The van der Waals surface area contributed by atoms with Crippen LogP contribution in [-0.4, -0.2) is 9.78 Å². The van der Waals surface area contributed by atoms with E-state index in [1.807, 2.05) is 47.3 Å². The molecular weight excluding hydrogens is 254 g/mol. The van der Waals surface area contributed by atoms with Gasteiger partial charge in [-0.3, -0.25) is 0 Å². The smallest absolute Gasteiger partial charge is 0.0841 e. The van der Waals surface area contributed by atoms with E-state index in [9.17, 15) is 0 Å². The zero-order chi connectivity index (χ0) is 13.2. The van der Waals surface area contributed by atoms with Crippen molar-refractivity contribution in [1.29, 1.82) is 0 Å². The third-order valence-corrected chi connectivity index (χ3v) is 3.94.